The Bertz CT molecular complexity index is 786. The van der Waals surface area contributed by atoms with Crippen molar-refractivity contribution in [3.8, 4) is 11.4 Å². The molecule has 3 rings (SSSR count). The van der Waals surface area contributed by atoms with Crippen molar-refractivity contribution in [3.05, 3.63) is 53.1 Å². The number of hydrogen-bond acceptors (Lipinski definition) is 4. The quantitative estimate of drug-likeness (QED) is 0.558. The lowest BCUT2D eigenvalue weighted by atomic mass is 10.1. The molecule has 4 nitrogen and oxygen atoms in total. The minimum absolute atomic E-state index is 0.602. The van der Waals surface area contributed by atoms with Gasteiger partial charge in [0, 0.05) is 16.0 Å². The summed E-state index contributed by atoms with van der Waals surface area (Å²) in [5.41, 5.74) is 5.32. The lowest BCUT2D eigenvalue weighted by Gasteiger charge is -2.10. The molecule has 20 heavy (non-hydrogen) atoms. The minimum atomic E-state index is 0.602. The first kappa shape index (κ1) is 12.8. The molecule has 0 aliphatic carbocycles. The van der Waals surface area contributed by atoms with E-state index in [0.29, 0.717) is 16.7 Å². The fraction of sp³-hybridized carbons (Fsp3) is 0.0667. The maximum Gasteiger partial charge on any atom is 0.162 e. The third-order valence-corrected chi connectivity index (χ3v) is 3.66. The number of rotatable bonds is 2. The van der Waals surface area contributed by atoms with Gasteiger partial charge < -0.3 is 5.43 Å². The van der Waals surface area contributed by atoms with E-state index in [0.717, 1.165) is 22.0 Å². The lowest BCUT2D eigenvalue weighted by Crippen LogP contribution is -2.10. The van der Waals surface area contributed by atoms with E-state index in [9.17, 15) is 0 Å². The molecule has 0 radical (unpaired) electrons. The van der Waals surface area contributed by atoms with Gasteiger partial charge in [-0.15, -0.1) is 0 Å². The number of nitrogens with zero attached hydrogens (tertiary/aromatic N) is 2. The van der Waals surface area contributed by atoms with Gasteiger partial charge in [0.05, 0.1) is 5.52 Å². The summed E-state index contributed by atoms with van der Waals surface area (Å²) in [6, 6.07) is 13.4. The van der Waals surface area contributed by atoms with Crippen LogP contribution in [0.1, 0.15) is 5.56 Å². The molecule has 0 spiro atoms. The molecule has 0 saturated heterocycles. The second-order valence-corrected chi connectivity index (χ2v) is 4.88. The molecular formula is C15H13ClN4. The average Bonchev–Trinajstić information content (AvgIpc) is 2.49. The largest absolute Gasteiger partial charge is 0.308 e. The third-order valence-electron chi connectivity index (χ3n) is 3.25. The van der Waals surface area contributed by atoms with E-state index in [4.69, 9.17) is 17.4 Å². The van der Waals surface area contributed by atoms with Gasteiger partial charge in [-0.25, -0.2) is 15.8 Å². The molecule has 2 aromatic carbocycles. The van der Waals surface area contributed by atoms with Gasteiger partial charge in [-0.3, -0.25) is 0 Å². The van der Waals surface area contributed by atoms with Gasteiger partial charge in [-0.05, 0) is 30.7 Å². The Labute approximate surface area is 121 Å². The van der Waals surface area contributed by atoms with Gasteiger partial charge in [0.1, 0.15) is 0 Å². The van der Waals surface area contributed by atoms with E-state index in [1.807, 2.05) is 49.4 Å². The number of nitrogens with one attached hydrogen (secondary N) is 1. The summed E-state index contributed by atoms with van der Waals surface area (Å²) in [6.07, 6.45) is 0. The predicted octanol–water partition coefficient (Wildman–Crippen LogP) is 3.54. The van der Waals surface area contributed by atoms with E-state index in [1.165, 1.54) is 0 Å². The highest BCUT2D eigenvalue weighted by Crippen LogP contribution is 2.29. The first-order valence-corrected chi connectivity index (χ1v) is 6.57. The highest BCUT2D eigenvalue weighted by Gasteiger charge is 2.11. The van der Waals surface area contributed by atoms with Crippen LogP contribution in [0, 0.1) is 6.92 Å². The molecule has 5 heteroatoms. The normalized spacial score (nSPS) is 10.8. The van der Waals surface area contributed by atoms with E-state index in [1.54, 1.807) is 0 Å². The van der Waals surface area contributed by atoms with Crippen molar-refractivity contribution in [1.82, 2.24) is 9.97 Å². The van der Waals surface area contributed by atoms with Crippen LogP contribution >= 0.6 is 11.6 Å². The van der Waals surface area contributed by atoms with Gasteiger partial charge >= 0.3 is 0 Å². The van der Waals surface area contributed by atoms with Gasteiger partial charge in [0.2, 0.25) is 0 Å². The van der Waals surface area contributed by atoms with Crippen molar-refractivity contribution in [2.24, 2.45) is 5.84 Å². The van der Waals surface area contributed by atoms with Crippen molar-refractivity contribution in [3.63, 3.8) is 0 Å². The van der Waals surface area contributed by atoms with Gasteiger partial charge in [-0.2, -0.15) is 0 Å². The van der Waals surface area contributed by atoms with E-state index in [-0.39, 0.29) is 0 Å². The number of halogens is 1. The molecule has 0 saturated carbocycles. The second kappa shape index (κ2) is 5.07. The summed E-state index contributed by atoms with van der Waals surface area (Å²) in [4.78, 5) is 9.08. The molecule has 0 aliphatic heterocycles. The Morgan fingerprint density at radius 1 is 1.05 bits per heavy atom. The van der Waals surface area contributed by atoms with Crippen molar-refractivity contribution in [2.75, 3.05) is 5.43 Å². The standard InChI is InChI=1S/C15H13ClN4/c1-9-10(6-4-7-12(9)16)14-18-13-8-3-2-5-11(13)15(19-14)20-17/h2-8H,17H2,1H3,(H,18,19,20). The fourth-order valence-electron chi connectivity index (χ4n) is 2.16. The number of hydrazine groups is 1. The number of aromatic nitrogens is 2. The Kier molecular flexibility index (Phi) is 3.26. The van der Waals surface area contributed by atoms with Crippen LogP contribution in [0.15, 0.2) is 42.5 Å². The summed E-state index contributed by atoms with van der Waals surface area (Å²) in [5, 5.41) is 1.58. The Balaban J connectivity index is 2.29. The predicted molar refractivity (Wildman–Crippen MR) is 82.5 cm³/mol. The van der Waals surface area contributed by atoms with Crippen LogP contribution < -0.4 is 11.3 Å². The molecule has 0 amide bonds. The number of nitrogens with two attached hydrogens (primary N) is 1. The topological polar surface area (TPSA) is 63.8 Å². The molecular weight excluding hydrogens is 272 g/mol. The zero-order chi connectivity index (χ0) is 14.1. The van der Waals surface area contributed by atoms with Crippen LogP contribution in [0.3, 0.4) is 0 Å². The van der Waals surface area contributed by atoms with E-state index < -0.39 is 0 Å². The zero-order valence-electron chi connectivity index (χ0n) is 10.9. The summed E-state index contributed by atoms with van der Waals surface area (Å²) in [7, 11) is 0. The molecule has 3 N–H and O–H groups in total. The van der Waals surface area contributed by atoms with Crippen LogP contribution in [-0.4, -0.2) is 9.97 Å². The lowest BCUT2D eigenvalue weighted by molar-refractivity contribution is 1.18. The molecule has 0 bridgehead atoms. The maximum absolute atomic E-state index is 6.16. The highest BCUT2D eigenvalue weighted by atomic mass is 35.5. The van der Waals surface area contributed by atoms with Gasteiger partial charge in [0.25, 0.3) is 0 Å². The number of para-hydroxylation sites is 1. The monoisotopic (exact) mass is 284 g/mol. The van der Waals surface area contributed by atoms with Gasteiger partial charge in [-0.1, -0.05) is 35.9 Å². The summed E-state index contributed by atoms with van der Waals surface area (Å²) in [5.74, 6) is 6.77. The number of anilines is 1. The number of benzene rings is 2. The van der Waals surface area contributed by atoms with Crippen LogP contribution in [0.5, 0.6) is 0 Å². The molecule has 0 unspecified atom stereocenters. The molecule has 100 valence electrons. The number of nitrogen functional groups attached to an aromatic ring is 1. The van der Waals surface area contributed by atoms with Crippen LogP contribution in [-0.2, 0) is 0 Å². The molecule has 3 aromatic rings. The van der Waals surface area contributed by atoms with Crippen molar-refractivity contribution >= 4 is 28.3 Å². The first-order chi connectivity index (χ1) is 9.70. The Morgan fingerprint density at radius 3 is 2.65 bits per heavy atom. The molecule has 1 heterocycles. The summed E-state index contributed by atoms with van der Waals surface area (Å²) in [6.45, 7) is 1.95. The molecule has 0 fully saturated rings. The molecule has 0 atom stereocenters. The zero-order valence-corrected chi connectivity index (χ0v) is 11.6. The van der Waals surface area contributed by atoms with Crippen LogP contribution in [0.25, 0.3) is 22.3 Å². The SMILES string of the molecule is Cc1c(Cl)cccc1-c1nc(NN)c2ccccc2n1. The molecule has 1 aromatic heterocycles. The average molecular weight is 285 g/mol. The van der Waals surface area contributed by atoms with Gasteiger partial charge in [0.15, 0.2) is 11.6 Å². The Morgan fingerprint density at radius 2 is 1.85 bits per heavy atom. The van der Waals surface area contributed by atoms with Crippen LogP contribution in [0.4, 0.5) is 5.82 Å². The second-order valence-electron chi connectivity index (χ2n) is 4.47. The summed E-state index contributed by atoms with van der Waals surface area (Å²) >= 11 is 6.16. The first-order valence-electron chi connectivity index (χ1n) is 6.19. The molecule has 0 aliphatic rings. The van der Waals surface area contributed by atoms with Crippen molar-refractivity contribution < 1.29 is 0 Å². The highest BCUT2D eigenvalue weighted by molar-refractivity contribution is 6.31. The fourth-order valence-corrected chi connectivity index (χ4v) is 2.33. The number of hydrogen-bond donors (Lipinski definition) is 2. The third kappa shape index (κ3) is 2.09. The van der Waals surface area contributed by atoms with Crippen molar-refractivity contribution in [1.29, 1.82) is 0 Å². The smallest absolute Gasteiger partial charge is 0.162 e. The maximum atomic E-state index is 6.16. The van der Waals surface area contributed by atoms with Crippen LogP contribution in [0.2, 0.25) is 5.02 Å². The van der Waals surface area contributed by atoms with E-state index in [2.05, 4.69) is 15.4 Å². The minimum Gasteiger partial charge on any atom is -0.308 e. The number of fused-ring (bicyclic) bond motifs is 1. The Hall–Kier alpha value is -2.17. The summed E-state index contributed by atoms with van der Waals surface area (Å²) < 4.78 is 0. The van der Waals surface area contributed by atoms with Crippen molar-refractivity contribution in [2.45, 2.75) is 6.92 Å². The van der Waals surface area contributed by atoms with E-state index >= 15 is 0 Å².